The molecular weight excluding hydrogens is 216 g/mol. The molecule has 0 bridgehead atoms. The van der Waals surface area contributed by atoms with Crippen LogP contribution in [0.3, 0.4) is 0 Å². The maximum Gasteiger partial charge on any atom is 0.242 e. The molecule has 1 rings (SSSR count). The zero-order valence-corrected chi connectivity index (χ0v) is 10.9. The Morgan fingerprint density at radius 2 is 1.94 bits per heavy atom. The number of ketones is 1. The van der Waals surface area contributed by atoms with Crippen molar-refractivity contribution in [2.75, 3.05) is 13.1 Å². The minimum absolute atomic E-state index is 0.143. The van der Waals surface area contributed by atoms with Crippen molar-refractivity contribution in [3.8, 4) is 0 Å². The summed E-state index contributed by atoms with van der Waals surface area (Å²) in [4.78, 5) is 30.3. The monoisotopic (exact) mass is 236 g/mol. The molecule has 0 aromatic carbocycles. The molecule has 4 heteroatoms. The van der Waals surface area contributed by atoms with Crippen LogP contribution in [0.15, 0.2) is 17.1 Å². The number of nitrogens with zero attached hydrogens (tertiary/aromatic N) is 2. The summed E-state index contributed by atoms with van der Waals surface area (Å²) >= 11 is 0. The van der Waals surface area contributed by atoms with Crippen molar-refractivity contribution in [2.24, 2.45) is 10.4 Å². The number of aliphatic imine (C=N–C) groups is 1. The van der Waals surface area contributed by atoms with Crippen LogP contribution >= 0.6 is 0 Å². The van der Waals surface area contributed by atoms with Crippen LogP contribution in [-0.2, 0) is 9.59 Å². The number of dihydropyridines is 1. The number of Topliss-reactive ketones (excluding diaryl/α,β-unsaturated/α-hetero) is 1. The Kier molecular flexibility index (Phi) is 4.21. The lowest BCUT2D eigenvalue weighted by Gasteiger charge is -2.36. The van der Waals surface area contributed by atoms with Gasteiger partial charge in [0.15, 0.2) is 5.78 Å². The van der Waals surface area contributed by atoms with Crippen molar-refractivity contribution in [3.05, 3.63) is 12.2 Å². The SMILES string of the molecule is CCN(CC)C(=O)C1(C(C)=O)C=CC=NC1C. The van der Waals surface area contributed by atoms with E-state index in [1.54, 1.807) is 23.3 Å². The van der Waals surface area contributed by atoms with Crippen LogP contribution in [0, 0.1) is 5.41 Å². The van der Waals surface area contributed by atoms with Gasteiger partial charge in [-0.2, -0.15) is 0 Å². The van der Waals surface area contributed by atoms with E-state index in [1.807, 2.05) is 20.8 Å². The van der Waals surface area contributed by atoms with E-state index < -0.39 is 5.41 Å². The highest BCUT2D eigenvalue weighted by atomic mass is 16.2. The van der Waals surface area contributed by atoms with Crippen molar-refractivity contribution in [3.63, 3.8) is 0 Å². The van der Waals surface area contributed by atoms with Crippen LogP contribution in [0.1, 0.15) is 27.7 Å². The number of allylic oxidation sites excluding steroid dienone is 1. The third-order valence-corrected chi connectivity index (χ3v) is 3.40. The van der Waals surface area contributed by atoms with Gasteiger partial charge in [0.25, 0.3) is 0 Å². The van der Waals surface area contributed by atoms with E-state index in [-0.39, 0.29) is 17.7 Å². The third kappa shape index (κ3) is 2.16. The summed E-state index contributed by atoms with van der Waals surface area (Å²) in [5.41, 5.74) is -1.11. The first-order valence-corrected chi connectivity index (χ1v) is 6.02. The van der Waals surface area contributed by atoms with Gasteiger partial charge in [-0.25, -0.2) is 0 Å². The molecule has 0 N–H and O–H groups in total. The van der Waals surface area contributed by atoms with E-state index in [4.69, 9.17) is 0 Å². The molecule has 0 aliphatic carbocycles. The van der Waals surface area contributed by atoms with E-state index in [1.165, 1.54) is 6.92 Å². The molecule has 1 heterocycles. The number of rotatable bonds is 4. The molecule has 2 atom stereocenters. The van der Waals surface area contributed by atoms with Gasteiger partial charge in [0, 0.05) is 19.3 Å². The van der Waals surface area contributed by atoms with E-state index in [0.29, 0.717) is 13.1 Å². The van der Waals surface area contributed by atoms with Crippen molar-refractivity contribution >= 4 is 17.9 Å². The Labute approximate surface area is 102 Å². The first-order valence-electron chi connectivity index (χ1n) is 6.02. The molecular formula is C13H20N2O2. The van der Waals surface area contributed by atoms with Crippen LogP contribution in [-0.4, -0.2) is 41.9 Å². The van der Waals surface area contributed by atoms with Crippen molar-refractivity contribution in [2.45, 2.75) is 33.7 Å². The summed E-state index contributed by atoms with van der Waals surface area (Å²) in [5.74, 6) is -0.286. The van der Waals surface area contributed by atoms with Gasteiger partial charge in [-0.05, 0) is 33.8 Å². The molecule has 17 heavy (non-hydrogen) atoms. The number of hydrogen-bond donors (Lipinski definition) is 0. The second kappa shape index (κ2) is 5.25. The topological polar surface area (TPSA) is 49.7 Å². The lowest BCUT2D eigenvalue weighted by molar-refractivity contribution is -0.146. The fourth-order valence-electron chi connectivity index (χ4n) is 2.21. The summed E-state index contributed by atoms with van der Waals surface area (Å²) in [7, 11) is 0. The van der Waals surface area contributed by atoms with Crippen LogP contribution in [0.5, 0.6) is 0 Å². The van der Waals surface area contributed by atoms with E-state index in [9.17, 15) is 9.59 Å². The Morgan fingerprint density at radius 3 is 2.35 bits per heavy atom. The molecule has 0 saturated heterocycles. The van der Waals surface area contributed by atoms with Crippen LogP contribution < -0.4 is 0 Å². The lowest BCUT2D eigenvalue weighted by atomic mass is 9.75. The fraction of sp³-hybridized carbons (Fsp3) is 0.615. The predicted octanol–water partition coefficient (Wildman–Crippen LogP) is 1.46. The van der Waals surface area contributed by atoms with Gasteiger partial charge in [0.05, 0.1) is 6.04 Å². The molecule has 0 fully saturated rings. The average molecular weight is 236 g/mol. The van der Waals surface area contributed by atoms with Crippen LogP contribution in [0.4, 0.5) is 0 Å². The van der Waals surface area contributed by atoms with Crippen molar-refractivity contribution in [1.29, 1.82) is 0 Å². The zero-order valence-electron chi connectivity index (χ0n) is 10.9. The number of hydrogen-bond acceptors (Lipinski definition) is 3. The van der Waals surface area contributed by atoms with Gasteiger partial charge in [-0.1, -0.05) is 6.08 Å². The number of amides is 1. The third-order valence-electron chi connectivity index (χ3n) is 3.40. The van der Waals surface area contributed by atoms with Crippen LogP contribution in [0.25, 0.3) is 0 Å². The molecule has 2 unspecified atom stereocenters. The quantitative estimate of drug-likeness (QED) is 0.694. The molecule has 0 radical (unpaired) electrons. The molecule has 94 valence electrons. The largest absolute Gasteiger partial charge is 0.342 e. The number of carbonyl (C=O) groups is 2. The first-order chi connectivity index (χ1) is 8.00. The Morgan fingerprint density at radius 1 is 1.35 bits per heavy atom. The highest BCUT2D eigenvalue weighted by Crippen LogP contribution is 2.32. The van der Waals surface area contributed by atoms with Gasteiger partial charge < -0.3 is 4.90 Å². The molecule has 4 nitrogen and oxygen atoms in total. The minimum atomic E-state index is -1.11. The maximum atomic E-state index is 12.5. The molecule has 1 aliphatic heterocycles. The lowest BCUT2D eigenvalue weighted by Crippen LogP contribution is -2.52. The van der Waals surface area contributed by atoms with E-state index in [0.717, 1.165) is 0 Å². The molecule has 0 aromatic rings. The van der Waals surface area contributed by atoms with Gasteiger partial charge in [0.1, 0.15) is 5.41 Å². The van der Waals surface area contributed by atoms with Gasteiger partial charge in [0.2, 0.25) is 5.91 Å². The summed E-state index contributed by atoms with van der Waals surface area (Å²) < 4.78 is 0. The van der Waals surface area contributed by atoms with Gasteiger partial charge >= 0.3 is 0 Å². The molecule has 0 saturated carbocycles. The first kappa shape index (κ1) is 13.6. The van der Waals surface area contributed by atoms with Crippen molar-refractivity contribution in [1.82, 2.24) is 4.90 Å². The minimum Gasteiger partial charge on any atom is -0.342 e. The second-order valence-electron chi connectivity index (χ2n) is 4.24. The summed E-state index contributed by atoms with van der Waals surface area (Å²) in [6.07, 6.45) is 5.01. The molecule has 1 aliphatic rings. The molecule has 0 spiro atoms. The smallest absolute Gasteiger partial charge is 0.242 e. The Balaban J connectivity index is 3.17. The van der Waals surface area contributed by atoms with Gasteiger partial charge in [-0.15, -0.1) is 0 Å². The average Bonchev–Trinajstić information content (AvgIpc) is 2.30. The second-order valence-corrected chi connectivity index (χ2v) is 4.24. The fourth-order valence-corrected chi connectivity index (χ4v) is 2.21. The molecule has 1 amide bonds. The highest BCUT2D eigenvalue weighted by molar-refractivity contribution is 6.09. The standard InChI is InChI=1S/C13H20N2O2/c1-5-15(6-2)12(17)13(11(4)16)8-7-9-14-10(13)3/h7-10H,5-6H2,1-4H3. The number of carbonyl (C=O) groups excluding carboxylic acids is 2. The summed E-state index contributed by atoms with van der Waals surface area (Å²) in [5, 5.41) is 0. The Hall–Kier alpha value is -1.45. The normalized spacial score (nSPS) is 26.9. The molecule has 0 aromatic heterocycles. The summed E-state index contributed by atoms with van der Waals surface area (Å²) in [6.45, 7) is 8.31. The maximum absolute atomic E-state index is 12.5. The zero-order chi connectivity index (χ0) is 13.1. The van der Waals surface area contributed by atoms with Crippen LogP contribution in [0.2, 0.25) is 0 Å². The van der Waals surface area contributed by atoms with E-state index in [2.05, 4.69) is 4.99 Å². The predicted molar refractivity (Wildman–Crippen MR) is 68.1 cm³/mol. The summed E-state index contributed by atoms with van der Waals surface area (Å²) in [6, 6.07) is -0.335. The van der Waals surface area contributed by atoms with E-state index >= 15 is 0 Å². The van der Waals surface area contributed by atoms with Gasteiger partial charge in [-0.3, -0.25) is 14.6 Å². The van der Waals surface area contributed by atoms with Crippen molar-refractivity contribution < 1.29 is 9.59 Å². The Bertz CT molecular complexity index is 370. The highest BCUT2D eigenvalue weighted by Gasteiger charge is 2.48.